The van der Waals surface area contributed by atoms with Crippen LogP contribution in [0, 0.1) is 0 Å². The molecular formula is C16H26O2S2. The molecule has 0 aromatic rings. The second-order valence-electron chi connectivity index (χ2n) is 4.20. The Morgan fingerprint density at radius 1 is 0.950 bits per heavy atom. The van der Waals surface area contributed by atoms with Crippen molar-refractivity contribution < 1.29 is 9.90 Å². The average Bonchev–Trinajstić information content (AvgIpc) is 2.43. The van der Waals surface area contributed by atoms with Crippen molar-refractivity contribution >= 4 is 29.5 Å². The van der Waals surface area contributed by atoms with Gasteiger partial charge in [-0.2, -0.15) is 11.8 Å². The largest absolute Gasteiger partial charge is 0.481 e. The molecule has 0 aromatic heterocycles. The minimum Gasteiger partial charge on any atom is -0.481 e. The molecule has 0 unspecified atom stereocenters. The van der Waals surface area contributed by atoms with Crippen molar-refractivity contribution in [1.29, 1.82) is 0 Å². The Morgan fingerprint density at radius 3 is 2.25 bits per heavy atom. The first-order valence-electron chi connectivity index (χ1n) is 7.09. The molecule has 2 nitrogen and oxygen atoms in total. The van der Waals surface area contributed by atoms with Crippen molar-refractivity contribution in [1.82, 2.24) is 0 Å². The summed E-state index contributed by atoms with van der Waals surface area (Å²) in [6.07, 6.45) is 17.2. The fraction of sp³-hybridized carbons (Fsp3) is 0.562. The Balaban J connectivity index is 3.32. The Bertz CT molecular complexity index is 310. The molecule has 0 aliphatic carbocycles. The Kier molecular flexibility index (Phi) is 15.9. The summed E-state index contributed by atoms with van der Waals surface area (Å²) in [4.78, 5) is 10.3. The standard InChI is InChI=1S/C16H26O2S2/c1-2-12-19-13-10-8-6-4-3-5-7-9-11-14-20-15-16(17)18/h3-4,7-10H,2,5-6,11-15H2,1H3,(H,17,18)/b4-3+,9-7+,10-8+. The second-order valence-corrected chi connectivity index (χ2v) is 6.45. The van der Waals surface area contributed by atoms with E-state index in [9.17, 15) is 4.79 Å². The van der Waals surface area contributed by atoms with Crippen LogP contribution in [0.15, 0.2) is 36.5 Å². The fourth-order valence-electron chi connectivity index (χ4n) is 1.33. The van der Waals surface area contributed by atoms with E-state index in [0.29, 0.717) is 0 Å². The van der Waals surface area contributed by atoms with Crippen LogP contribution in [0.1, 0.15) is 32.6 Å². The van der Waals surface area contributed by atoms with Gasteiger partial charge in [-0.25, -0.2) is 0 Å². The first-order valence-corrected chi connectivity index (χ1v) is 9.40. The maximum absolute atomic E-state index is 10.3. The van der Waals surface area contributed by atoms with Gasteiger partial charge in [-0.1, -0.05) is 43.4 Å². The zero-order valence-electron chi connectivity index (χ0n) is 12.3. The van der Waals surface area contributed by atoms with E-state index in [0.717, 1.165) is 30.8 Å². The molecule has 20 heavy (non-hydrogen) atoms. The molecule has 0 atom stereocenters. The topological polar surface area (TPSA) is 37.3 Å². The lowest BCUT2D eigenvalue weighted by molar-refractivity contribution is -0.133. The van der Waals surface area contributed by atoms with Gasteiger partial charge >= 0.3 is 5.97 Å². The summed E-state index contributed by atoms with van der Waals surface area (Å²) < 4.78 is 0. The normalized spacial score (nSPS) is 12.1. The number of thioether (sulfide) groups is 2. The molecule has 0 spiro atoms. The van der Waals surface area contributed by atoms with Crippen molar-refractivity contribution in [2.45, 2.75) is 32.6 Å². The third kappa shape index (κ3) is 17.4. The van der Waals surface area contributed by atoms with Gasteiger partial charge in [0, 0.05) is 5.75 Å². The SMILES string of the molecule is CCCSC/C=C/C/C=C/C/C=C/CCSCC(=O)O. The summed E-state index contributed by atoms with van der Waals surface area (Å²) in [5, 5.41) is 8.46. The smallest absolute Gasteiger partial charge is 0.313 e. The van der Waals surface area contributed by atoms with Crippen LogP contribution in [-0.4, -0.2) is 34.1 Å². The van der Waals surface area contributed by atoms with Crippen molar-refractivity contribution in [3.63, 3.8) is 0 Å². The quantitative estimate of drug-likeness (QED) is 0.392. The Labute approximate surface area is 131 Å². The molecule has 0 radical (unpaired) electrons. The zero-order chi connectivity index (χ0) is 14.9. The highest BCUT2D eigenvalue weighted by molar-refractivity contribution is 8.00. The first kappa shape index (κ1) is 19.4. The maximum atomic E-state index is 10.3. The van der Waals surface area contributed by atoms with Crippen LogP contribution in [0.4, 0.5) is 0 Å². The van der Waals surface area contributed by atoms with E-state index in [1.807, 2.05) is 11.8 Å². The van der Waals surface area contributed by atoms with Crippen LogP contribution in [0.3, 0.4) is 0 Å². The summed E-state index contributed by atoms with van der Waals surface area (Å²) in [6.45, 7) is 2.21. The van der Waals surface area contributed by atoms with E-state index in [2.05, 4.69) is 43.4 Å². The molecule has 0 bridgehead atoms. The van der Waals surface area contributed by atoms with E-state index < -0.39 is 5.97 Å². The van der Waals surface area contributed by atoms with E-state index in [-0.39, 0.29) is 5.75 Å². The Hall–Kier alpha value is -0.610. The highest BCUT2D eigenvalue weighted by atomic mass is 32.2. The van der Waals surface area contributed by atoms with Gasteiger partial charge in [-0.15, -0.1) is 11.8 Å². The van der Waals surface area contributed by atoms with Crippen molar-refractivity contribution in [2.75, 3.05) is 23.0 Å². The number of carboxylic acids is 1. The minimum absolute atomic E-state index is 0.205. The molecule has 4 heteroatoms. The number of hydrogen-bond donors (Lipinski definition) is 1. The van der Waals surface area contributed by atoms with Gasteiger partial charge in [0.15, 0.2) is 0 Å². The molecule has 0 saturated heterocycles. The zero-order valence-corrected chi connectivity index (χ0v) is 13.9. The van der Waals surface area contributed by atoms with Gasteiger partial charge in [-0.3, -0.25) is 4.79 Å². The molecule has 0 aromatic carbocycles. The predicted octanol–water partition coefficient (Wildman–Crippen LogP) is 4.79. The average molecular weight is 315 g/mol. The second kappa shape index (κ2) is 16.4. The van der Waals surface area contributed by atoms with Crippen LogP contribution in [0.5, 0.6) is 0 Å². The third-order valence-corrected chi connectivity index (χ3v) is 4.36. The highest BCUT2D eigenvalue weighted by Gasteiger charge is 1.94. The van der Waals surface area contributed by atoms with Crippen molar-refractivity contribution in [3.8, 4) is 0 Å². The van der Waals surface area contributed by atoms with Crippen LogP contribution in [0.25, 0.3) is 0 Å². The van der Waals surface area contributed by atoms with Crippen LogP contribution in [0.2, 0.25) is 0 Å². The Morgan fingerprint density at radius 2 is 1.60 bits per heavy atom. The monoisotopic (exact) mass is 314 g/mol. The first-order chi connectivity index (χ1) is 9.77. The molecule has 0 aliphatic heterocycles. The van der Waals surface area contributed by atoms with Crippen LogP contribution in [-0.2, 0) is 4.79 Å². The lowest BCUT2D eigenvalue weighted by atomic mass is 10.3. The summed E-state index contributed by atoms with van der Waals surface area (Å²) in [7, 11) is 0. The summed E-state index contributed by atoms with van der Waals surface area (Å²) >= 11 is 3.44. The van der Waals surface area contributed by atoms with E-state index in [1.54, 1.807) is 0 Å². The van der Waals surface area contributed by atoms with Crippen molar-refractivity contribution in [2.24, 2.45) is 0 Å². The molecule has 114 valence electrons. The lowest BCUT2D eigenvalue weighted by Crippen LogP contribution is -1.98. The van der Waals surface area contributed by atoms with Gasteiger partial charge in [0.05, 0.1) is 5.75 Å². The lowest BCUT2D eigenvalue weighted by Gasteiger charge is -1.93. The van der Waals surface area contributed by atoms with E-state index in [4.69, 9.17) is 5.11 Å². The van der Waals surface area contributed by atoms with Gasteiger partial charge in [0.2, 0.25) is 0 Å². The predicted molar refractivity (Wildman–Crippen MR) is 93.8 cm³/mol. The summed E-state index contributed by atoms with van der Waals surface area (Å²) in [6, 6.07) is 0. The van der Waals surface area contributed by atoms with Gasteiger partial charge in [0.1, 0.15) is 0 Å². The van der Waals surface area contributed by atoms with Crippen molar-refractivity contribution in [3.05, 3.63) is 36.5 Å². The summed E-state index contributed by atoms with van der Waals surface area (Å²) in [5.41, 5.74) is 0. The van der Waals surface area contributed by atoms with Gasteiger partial charge in [-0.05, 0) is 37.2 Å². The van der Waals surface area contributed by atoms with Gasteiger partial charge < -0.3 is 5.11 Å². The maximum Gasteiger partial charge on any atom is 0.313 e. The van der Waals surface area contributed by atoms with E-state index in [1.165, 1.54) is 23.9 Å². The number of allylic oxidation sites excluding steroid dienone is 5. The molecule has 0 saturated carbocycles. The number of carbonyl (C=O) groups is 1. The highest BCUT2D eigenvalue weighted by Crippen LogP contribution is 2.03. The molecular weight excluding hydrogens is 288 g/mol. The molecule has 0 fully saturated rings. The molecule has 0 heterocycles. The van der Waals surface area contributed by atoms with Gasteiger partial charge in [0.25, 0.3) is 0 Å². The summed E-state index contributed by atoms with van der Waals surface area (Å²) in [5.74, 6) is 2.72. The fourth-order valence-corrected chi connectivity index (χ4v) is 2.68. The number of rotatable bonds is 13. The third-order valence-electron chi connectivity index (χ3n) is 2.26. The molecule has 0 aliphatic rings. The van der Waals surface area contributed by atoms with E-state index >= 15 is 0 Å². The molecule has 1 N–H and O–H groups in total. The molecule has 0 amide bonds. The number of hydrogen-bond acceptors (Lipinski definition) is 3. The van der Waals surface area contributed by atoms with Crippen LogP contribution < -0.4 is 0 Å². The van der Waals surface area contributed by atoms with Crippen LogP contribution >= 0.6 is 23.5 Å². The molecule has 0 rings (SSSR count). The number of carboxylic acid groups (broad SMARTS) is 1. The number of aliphatic carboxylic acids is 1. The minimum atomic E-state index is -0.733.